The summed E-state index contributed by atoms with van der Waals surface area (Å²) in [5, 5.41) is 0. The van der Waals surface area contributed by atoms with Crippen molar-refractivity contribution < 1.29 is 9.18 Å². The quantitative estimate of drug-likeness (QED) is 0.876. The molecular weight excluding hydrogens is 267 g/mol. The molecule has 1 saturated carbocycles. The summed E-state index contributed by atoms with van der Waals surface area (Å²) in [6.45, 7) is 0.571. The lowest BCUT2D eigenvalue weighted by atomic mass is 10.1. The Morgan fingerprint density at radius 3 is 2.52 bits per heavy atom. The van der Waals surface area contributed by atoms with E-state index in [0.29, 0.717) is 12.1 Å². The molecule has 0 radical (unpaired) electrons. The zero-order valence-corrected chi connectivity index (χ0v) is 11.6. The summed E-state index contributed by atoms with van der Waals surface area (Å²) in [6, 6.07) is 14.3. The molecule has 2 N–H and O–H groups in total. The van der Waals surface area contributed by atoms with E-state index in [0.717, 1.165) is 18.4 Å². The van der Waals surface area contributed by atoms with Gasteiger partial charge in [0, 0.05) is 18.2 Å². The van der Waals surface area contributed by atoms with Crippen molar-refractivity contribution in [3.63, 3.8) is 0 Å². The molecule has 0 spiro atoms. The summed E-state index contributed by atoms with van der Waals surface area (Å²) in [5.41, 5.74) is 7.10. The zero-order chi connectivity index (χ0) is 14.8. The molecule has 21 heavy (non-hydrogen) atoms. The molecule has 0 unspecified atom stereocenters. The third-order valence-corrected chi connectivity index (χ3v) is 3.69. The van der Waals surface area contributed by atoms with Crippen LogP contribution in [0.25, 0.3) is 0 Å². The number of nitrogen functional groups attached to an aromatic ring is 1. The van der Waals surface area contributed by atoms with Crippen LogP contribution in [0.1, 0.15) is 28.8 Å². The number of hydrogen-bond acceptors (Lipinski definition) is 2. The smallest absolute Gasteiger partial charge is 0.254 e. The van der Waals surface area contributed by atoms with Crippen LogP contribution in [-0.2, 0) is 6.54 Å². The average Bonchev–Trinajstić information content (AvgIpc) is 3.33. The third kappa shape index (κ3) is 3.05. The topological polar surface area (TPSA) is 46.3 Å². The highest BCUT2D eigenvalue weighted by atomic mass is 19.1. The van der Waals surface area contributed by atoms with Gasteiger partial charge in [0.25, 0.3) is 5.91 Å². The van der Waals surface area contributed by atoms with Gasteiger partial charge in [-0.2, -0.15) is 0 Å². The highest BCUT2D eigenvalue weighted by Gasteiger charge is 2.33. The lowest BCUT2D eigenvalue weighted by molar-refractivity contribution is 0.0730. The van der Waals surface area contributed by atoms with Gasteiger partial charge in [-0.3, -0.25) is 4.79 Å². The minimum atomic E-state index is -0.493. The maximum absolute atomic E-state index is 13.2. The molecule has 1 amide bonds. The lowest BCUT2D eigenvalue weighted by Gasteiger charge is -2.23. The van der Waals surface area contributed by atoms with E-state index in [1.54, 1.807) is 0 Å². The lowest BCUT2D eigenvalue weighted by Crippen LogP contribution is -2.32. The van der Waals surface area contributed by atoms with Crippen molar-refractivity contribution in [3.8, 4) is 0 Å². The van der Waals surface area contributed by atoms with Crippen LogP contribution in [0.15, 0.2) is 48.5 Å². The summed E-state index contributed by atoms with van der Waals surface area (Å²) in [6.07, 6.45) is 2.05. The second-order valence-corrected chi connectivity index (χ2v) is 5.39. The number of nitrogens with two attached hydrogens (primary N) is 1. The van der Waals surface area contributed by atoms with Gasteiger partial charge < -0.3 is 10.6 Å². The van der Waals surface area contributed by atoms with Gasteiger partial charge in [-0.25, -0.2) is 4.39 Å². The monoisotopic (exact) mass is 284 g/mol. The van der Waals surface area contributed by atoms with Gasteiger partial charge in [-0.05, 0) is 36.6 Å². The van der Waals surface area contributed by atoms with Crippen molar-refractivity contribution in [2.45, 2.75) is 25.4 Å². The van der Waals surface area contributed by atoms with E-state index in [4.69, 9.17) is 5.73 Å². The summed E-state index contributed by atoms with van der Waals surface area (Å²) >= 11 is 0. The second-order valence-electron chi connectivity index (χ2n) is 5.39. The third-order valence-electron chi connectivity index (χ3n) is 3.69. The molecular formula is C17H17FN2O. The van der Waals surface area contributed by atoms with Crippen molar-refractivity contribution in [1.82, 2.24) is 4.90 Å². The van der Waals surface area contributed by atoms with Gasteiger partial charge in [0.2, 0.25) is 0 Å². The molecule has 1 aliphatic carbocycles. The Bertz CT molecular complexity index is 653. The molecule has 3 rings (SSSR count). The van der Waals surface area contributed by atoms with E-state index in [1.165, 1.54) is 18.2 Å². The highest BCUT2D eigenvalue weighted by molar-refractivity contribution is 5.95. The molecule has 1 aliphatic rings. The minimum absolute atomic E-state index is 0.0105. The number of benzene rings is 2. The number of anilines is 1. The van der Waals surface area contributed by atoms with Crippen LogP contribution in [0.2, 0.25) is 0 Å². The van der Waals surface area contributed by atoms with Gasteiger partial charge in [0.1, 0.15) is 5.82 Å². The predicted octanol–water partition coefficient (Wildman–Crippen LogP) is 3.21. The molecule has 0 atom stereocenters. The summed E-state index contributed by atoms with van der Waals surface area (Å²) in [5.74, 6) is -0.583. The summed E-state index contributed by atoms with van der Waals surface area (Å²) < 4.78 is 13.2. The number of carbonyl (C=O) groups excluding carboxylic acids is 1. The number of hydrogen-bond donors (Lipinski definition) is 1. The number of carbonyl (C=O) groups is 1. The van der Waals surface area contributed by atoms with Crippen LogP contribution in [0.4, 0.5) is 10.1 Å². The largest absolute Gasteiger partial charge is 0.396 e. The van der Waals surface area contributed by atoms with Gasteiger partial charge in [-0.1, -0.05) is 30.3 Å². The van der Waals surface area contributed by atoms with E-state index in [-0.39, 0.29) is 17.6 Å². The fourth-order valence-electron chi connectivity index (χ4n) is 2.38. The Labute approximate surface area is 123 Å². The van der Waals surface area contributed by atoms with E-state index in [2.05, 4.69) is 0 Å². The molecule has 4 heteroatoms. The van der Waals surface area contributed by atoms with Gasteiger partial charge in [0.05, 0.1) is 5.69 Å². The first-order chi connectivity index (χ1) is 10.1. The van der Waals surface area contributed by atoms with Crippen molar-refractivity contribution in [3.05, 3.63) is 65.5 Å². The summed E-state index contributed by atoms with van der Waals surface area (Å²) in [4.78, 5) is 14.5. The Morgan fingerprint density at radius 1 is 1.19 bits per heavy atom. The van der Waals surface area contributed by atoms with Crippen molar-refractivity contribution in [2.75, 3.05) is 5.73 Å². The SMILES string of the molecule is Nc1cc(C(=O)N(Cc2ccccc2)C2CC2)ccc1F. The normalized spacial score (nSPS) is 14.0. The number of nitrogens with zero attached hydrogens (tertiary/aromatic N) is 1. The van der Waals surface area contributed by atoms with Crippen molar-refractivity contribution in [1.29, 1.82) is 0 Å². The van der Waals surface area contributed by atoms with Crippen LogP contribution in [0.3, 0.4) is 0 Å². The van der Waals surface area contributed by atoms with E-state index in [9.17, 15) is 9.18 Å². The first-order valence-corrected chi connectivity index (χ1v) is 7.05. The number of rotatable bonds is 4. The molecule has 2 aromatic rings. The van der Waals surface area contributed by atoms with Crippen molar-refractivity contribution in [2.24, 2.45) is 0 Å². The minimum Gasteiger partial charge on any atom is -0.396 e. The molecule has 0 heterocycles. The Morgan fingerprint density at radius 2 is 1.90 bits per heavy atom. The maximum Gasteiger partial charge on any atom is 0.254 e. The fourth-order valence-corrected chi connectivity index (χ4v) is 2.38. The van der Waals surface area contributed by atoms with Gasteiger partial charge >= 0.3 is 0 Å². The van der Waals surface area contributed by atoms with Gasteiger partial charge in [-0.15, -0.1) is 0 Å². The molecule has 1 fully saturated rings. The van der Waals surface area contributed by atoms with Crippen LogP contribution in [0, 0.1) is 5.82 Å². The first-order valence-electron chi connectivity index (χ1n) is 7.05. The molecule has 108 valence electrons. The molecule has 2 aromatic carbocycles. The molecule has 0 aliphatic heterocycles. The summed E-state index contributed by atoms with van der Waals surface area (Å²) in [7, 11) is 0. The standard InChI is InChI=1S/C17H17FN2O/c18-15-9-6-13(10-16(15)19)17(21)20(14-7-8-14)11-12-4-2-1-3-5-12/h1-6,9-10,14H,7-8,11,19H2. The zero-order valence-electron chi connectivity index (χ0n) is 11.6. The highest BCUT2D eigenvalue weighted by Crippen LogP contribution is 2.30. The van der Waals surface area contributed by atoms with Crippen LogP contribution < -0.4 is 5.73 Å². The predicted molar refractivity (Wildman–Crippen MR) is 80.1 cm³/mol. The van der Waals surface area contributed by atoms with Gasteiger partial charge in [0.15, 0.2) is 0 Å². The van der Waals surface area contributed by atoms with Crippen LogP contribution in [0.5, 0.6) is 0 Å². The van der Waals surface area contributed by atoms with Crippen LogP contribution in [-0.4, -0.2) is 16.8 Å². The van der Waals surface area contributed by atoms with Crippen molar-refractivity contribution >= 4 is 11.6 Å². The Kier molecular flexibility index (Phi) is 3.60. The molecule has 0 saturated heterocycles. The molecule has 0 aromatic heterocycles. The number of amides is 1. The molecule has 0 bridgehead atoms. The van der Waals surface area contributed by atoms with E-state index < -0.39 is 5.82 Å². The van der Waals surface area contributed by atoms with E-state index in [1.807, 2.05) is 35.2 Å². The molecule has 3 nitrogen and oxygen atoms in total. The fraction of sp³-hybridized carbons (Fsp3) is 0.235. The maximum atomic E-state index is 13.2. The Balaban J connectivity index is 1.83. The number of halogens is 1. The second kappa shape index (κ2) is 5.56. The van der Waals surface area contributed by atoms with Crippen LogP contribution >= 0.6 is 0 Å². The van der Waals surface area contributed by atoms with E-state index >= 15 is 0 Å². The Hall–Kier alpha value is -2.36. The average molecular weight is 284 g/mol. The first kappa shape index (κ1) is 13.6.